The van der Waals surface area contributed by atoms with E-state index >= 15 is 0 Å². The molecule has 0 fully saturated rings. The van der Waals surface area contributed by atoms with Gasteiger partial charge in [-0.15, -0.1) is 0 Å². The van der Waals surface area contributed by atoms with Crippen molar-refractivity contribution in [1.82, 2.24) is 0 Å². The zero-order valence-electron chi connectivity index (χ0n) is 15.8. The van der Waals surface area contributed by atoms with Crippen LogP contribution in [0.1, 0.15) is 12.5 Å². The zero-order valence-corrected chi connectivity index (χ0v) is 16.8. The van der Waals surface area contributed by atoms with Gasteiger partial charge in [0, 0.05) is 32.9 Å². The van der Waals surface area contributed by atoms with Crippen molar-refractivity contribution < 1.29 is 36.4 Å². The lowest BCUT2D eigenvalue weighted by Crippen LogP contribution is -2.04. The van der Waals surface area contributed by atoms with Gasteiger partial charge < -0.3 is 19.1 Å². The maximum Gasteiger partial charge on any atom is 0.416 e. The number of rotatable bonds is 7. The van der Waals surface area contributed by atoms with E-state index in [1.165, 1.54) is 44.6 Å². The number of nitro groups is 1. The lowest BCUT2D eigenvalue weighted by molar-refractivity contribution is -0.384. The molecule has 0 atom stereocenters. The van der Waals surface area contributed by atoms with Gasteiger partial charge >= 0.3 is 14.4 Å². The molecule has 0 saturated heterocycles. The van der Waals surface area contributed by atoms with Crippen LogP contribution < -0.4 is 10.1 Å². The molecule has 0 aliphatic heterocycles. The number of ether oxygens (including phenoxy) is 1. The number of halogens is 3. The number of alkyl halides is 3. The Morgan fingerprint density at radius 1 is 1.07 bits per heavy atom. The highest BCUT2D eigenvalue weighted by Crippen LogP contribution is 2.33. The van der Waals surface area contributed by atoms with Crippen LogP contribution in [0.5, 0.6) is 11.5 Å². The first-order chi connectivity index (χ1) is 13.6. The van der Waals surface area contributed by atoms with Gasteiger partial charge in [0.05, 0.1) is 10.5 Å². The summed E-state index contributed by atoms with van der Waals surface area (Å²) in [5.41, 5.74) is -0.601. The second kappa shape index (κ2) is 11.4. The molecule has 0 unspecified atom stereocenters. The van der Waals surface area contributed by atoms with Gasteiger partial charge in [-0.25, -0.2) is 0 Å². The Balaban J connectivity index is 0.000000612. The predicted molar refractivity (Wildman–Crippen MR) is 102 cm³/mol. The molecule has 0 aliphatic rings. The lowest BCUT2D eigenvalue weighted by atomic mass is 10.2. The van der Waals surface area contributed by atoms with Crippen molar-refractivity contribution in [2.24, 2.45) is 0 Å². The number of nitro benzene ring substituents is 1. The van der Waals surface area contributed by atoms with E-state index in [-0.39, 0.29) is 22.9 Å². The number of benzene rings is 2. The van der Waals surface area contributed by atoms with E-state index in [1.54, 1.807) is 6.92 Å². The summed E-state index contributed by atoms with van der Waals surface area (Å²) < 4.78 is 61.3. The van der Waals surface area contributed by atoms with Gasteiger partial charge in [0.1, 0.15) is 17.2 Å². The Kier molecular flexibility index (Phi) is 9.60. The van der Waals surface area contributed by atoms with Crippen LogP contribution in [-0.4, -0.2) is 25.7 Å². The maximum absolute atomic E-state index is 12.5. The third kappa shape index (κ3) is 8.10. The standard InChI is InChI=1S/C15H13F3N2O3.C2H7O3P/c1-2-19-13-9-12(7-8-14(13)20(21)22)23-11-5-3-10(4-6-11)15(16,17)18;1-4-6(3)5-2/h3-9,19H,2H2,1H3;6H,1-2H3. The van der Waals surface area contributed by atoms with Crippen LogP contribution in [-0.2, 0) is 19.8 Å². The molecule has 0 saturated carbocycles. The molecule has 2 rings (SSSR count). The van der Waals surface area contributed by atoms with Crippen LogP contribution in [0.3, 0.4) is 0 Å². The van der Waals surface area contributed by atoms with Crippen LogP contribution in [0.15, 0.2) is 42.5 Å². The highest BCUT2D eigenvalue weighted by molar-refractivity contribution is 7.33. The molecule has 2 aromatic carbocycles. The largest absolute Gasteiger partial charge is 0.457 e. The first-order valence-corrected chi connectivity index (χ1v) is 9.34. The average Bonchev–Trinajstić information content (AvgIpc) is 2.68. The van der Waals surface area contributed by atoms with Crippen LogP contribution in [0.25, 0.3) is 0 Å². The Bertz CT molecular complexity index is 825. The molecule has 0 amide bonds. The van der Waals surface area contributed by atoms with Crippen molar-refractivity contribution in [2.75, 3.05) is 26.1 Å². The third-order valence-electron chi connectivity index (χ3n) is 3.28. The Morgan fingerprint density at radius 2 is 1.62 bits per heavy atom. The summed E-state index contributed by atoms with van der Waals surface area (Å²) in [5.74, 6) is 0.487. The van der Waals surface area contributed by atoms with Crippen LogP contribution in [0.2, 0.25) is 0 Å². The Labute approximate surface area is 165 Å². The van der Waals surface area contributed by atoms with Gasteiger partial charge in [0.15, 0.2) is 0 Å². The van der Waals surface area contributed by atoms with Crippen LogP contribution in [0, 0.1) is 10.1 Å². The van der Waals surface area contributed by atoms with Crippen molar-refractivity contribution in [3.8, 4) is 11.5 Å². The van der Waals surface area contributed by atoms with Crippen molar-refractivity contribution in [3.63, 3.8) is 0 Å². The minimum Gasteiger partial charge on any atom is -0.457 e. The molecule has 12 heteroatoms. The molecule has 29 heavy (non-hydrogen) atoms. The van der Waals surface area contributed by atoms with Crippen molar-refractivity contribution >= 4 is 19.6 Å². The summed E-state index contributed by atoms with van der Waals surface area (Å²) in [6.45, 7) is 2.26. The Morgan fingerprint density at radius 3 is 2.03 bits per heavy atom. The van der Waals surface area contributed by atoms with Crippen molar-refractivity contribution in [1.29, 1.82) is 0 Å². The highest BCUT2D eigenvalue weighted by atomic mass is 31.1. The summed E-state index contributed by atoms with van der Waals surface area (Å²) in [4.78, 5) is 10.4. The summed E-state index contributed by atoms with van der Waals surface area (Å²) in [7, 11) is 0.558. The molecule has 160 valence electrons. The maximum atomic E-state index is 12.5. The van der Waals surface area contributed by atoms with Gasteiger partial charge in [0.2, 0.25) is 0 Å². The van der Waals surface area contributed by atoms with E-state index in [4.69, 9.17) is 4.74 Å². The third-order valence-corrected chi connectivity index (χ3v) is 3.95. The molecule has 1 N–H and O–H groups in total. The normalized spacial score (nSPS) is 10.9. The first kappa shape index (κ1) is 24.4. The predicted octanol–water partition coefficient (Wildman–Crippen LogP) is 5.51. The summed E-state index contributed by atoms with van der Waals surface area (Å²) in [6, 6.07) is 8.29. The van der Waals surface area contributed by atoms with E-state index in [0.29, 0.717) is 6.54 Å². The van der Waals surface area contributed by atoms with E-state index in [0.717, 1.165) is 12.1 Å². The molecule has 0 aromatic heterocycles. The fraction of sp³-hybridized carbons (Fsp3) is 0.294. The second-order valence-corrected chi connectivity index (χ2v) is 6.57. The van der Waals surface area contributed by atoms with Crippen LogP contribution >= 0.6 is 8.25 Å². The molecule has 0 aliphatic carbocycles. The van der Waals surface area contributed by atoms with E-state index < -0.39 is 24.9 Å². The van der Waals surface area contributed by atoms with Gasteiger partial charge in [0.25, 0.3) is 5.69 Å². The molecular formula is C17H20F3N2O6P. The van der Waals surface area contributed by atoms with Crippen molar-refractivity contribution in [2.45, 2.75) is 13.1 Å². The fourth-order valence-electron chi connectivity index (χ4n) is 2.00. The minimum absolute atomic E-state index is 0.105. The topological polar surface area (TPSA) is 99.9 Å². The number of hydrogen-bond acceptors (Lipinski definition) is 7. The molecule has 0 heterocycles. The average molecular weight is 436 g/mol. The smallest absolute Gasteiger partial charge is 0.416 e. The van der Waals surface area contributed by atoms with E-state index in [2.05, 4.69) is 14.4 Å². The number of anilines is 1. The summed E-state index contributed by atoms with van der Waals surface area (Å²) >= 11 is 0. The second-order valence-electron chi connectivity index (χ2n) is 5.25. The fourth-order valence-corrected chi connectivity index (χ4v) is 2.17. The molecule has 2 aromatic rings. The molecule has 0 bridgehead atoms. The van der Waals surface area contributed by atoms with E-state index in [1.807, 2.05) is 0 Å². The lowest BCUT2D eigenvalue weighted by Gasteiger charge is -2.10. The molecule has 8 nitrogen and oxygen atoms in total. The highest BCUT2D eigenvalue weighted by Gasteiger charge is 2.30. The van der Waals surface area contributed by atoms with E-state index in [9.17, 15) is 27.9 Å². The number of nitrogens with one attached hydrogen (secondary N) is 1. The molecule has 0 radical (unpaired) electrons. The number of hydrogen-bond donors (Lipinski definition) is 1. The van der Waals surface area contributed by atoms with Crippen molar-refractivity contribution in [3.05, 3.63) is 58.1 Å². The molecular weight excluding hydrogens is 416 g/mol. The monoisotopic (exact) mass is 436 g/mol. The first-order valence-electron chi connectivity index (χ1n) is 8.11. The molecule has 0 spiro atoms. The van der Waals surface area contributed by atoms with Gasteiger partial charge in [-0.3, -0.25) is 14.7 Å². The Hall–Kier alpha value is -2.62. The summed E-state index contributed by atoms with van der Waals surface area (Å²) in [5, 5.41) is 13.8. The SMILES string of the molecule is CCNc1cc(Oc2ccc(C(F)(F)F)cc2)ccc1[N+](=O)[O-].CO[PH](=O)OC. The quantitative estimate of drug-likeness (QED) is 0.347. The number of nitrogens with zero attached hydrogens (tertiary/aromatic N) is 1. The van der Waals surface area contributed by atoms with Gasteiger partial charge in [-0.1, -0.05) is 0 Å². The minimum atomic E-state index is -4.41. The summed E-state index contributed by atoms with van der Waals surface area (Å²) in [6.07, 6.45) is -4.41. The van der Waals surface area contributed by atoms with Crippen LogP contribution in [0.4, 0.5) is 24.5 Å². The zero-order chi connectivity index (χ0) is 22.0. The van der Waals surface area contributed by atoms with Gasteiger partial charge in [-0.05, 0) is 37.3 Å². The van der Waals surface area contributed by atoms with Gasteiger partial charge in [-0.2, -0.15) is 13.2 Å².